The minimum absolute atomic E-state index is 0.188. The van der Waals surface area contributed by atoms with Crippen LogP contribution in [0.3, 0.4) is 0 Å². The fourth-order valence-electron chi connectivity index (χ4n) is 2.07. The molecule has 0 radical (unpaired) electrons. The number of rotatable bonds is 5. The number of halogens is 2. The van der Waals surface area contributed by atoms with Crippen molar-refractivity contribution in [2.75, 3.05) is 12.8 Å². The summed E-state index contributed by atoms with van der Waals surface area (Å²) in [6.07, 6.45) is 0. The van der Waals surface area contributed by atoms with Crippen molar-refractivity contribution < 1.29 is 4.39 Å². The highest BCUT2D eigenvalue weighted by Gasteiger charge is 2.12. The maximum absolute atomic E-state index is 13.2. The summed E-state index contributed by atoms with van der Waals surface area (Å²) in [6, 6.07) is 12.9. The van der Waals surface area contributed by atoms with E-state index >= 15 is 0 Å². The number of nitrogens with one attached hydrogen (secondary N) is 1. The van der Waals surface area contributed by atoms with Crippen LogP contribution < -0.4 is 5.32 Å². The molecular formula is C16H17ClFNS. The van der Waals surface area contributed by atoms with E-state index in [0.29, 0.717) is 0 Å². The van der Waals surface area contributed by atoms with E-state index < -0.39 is 0 Å². The Bertz CT molecular complexity index is 571. The lowest BCUT2D eigenvalue weighted by Crippen LogP contribution is -2.19. The second-order valence-electron chi connectivity index (χ2n) is 4.61. The largest absolute Gasteiger partial charge is 0.312 e. The first kappa shape index (κ1) is 15.4. The molecule has 0 fully saturated rings. The van der Waals surface area contributed by atoms with E-state index in [4.69, 9.17) is 11.6 Å². The molecule has 2 rings (SSSR count). The Morgan fingerprint density at radius 3 is 2.50 bits per heavy atom. The van der Waals surface area contributed by atoms with Crippen molar-refractivity contribution in [3.8, 4) is 0 Å². The molecule has 0 saturated carbocycles. The second kappa shape index (κ2) is 7.11. The molecule has 4 heteroatoms. The number of aryl methyl sites for hydroxylation is 1. The summed E-state index contributed by atoms with van der Waals surface area (Å²) in [5.74, 6) is 0.691. The number of benzene rings is 2. The predicted molar refractivity (Wildman–Crippen MR) is 85.1 cm³/mol. The molecular weight excluding hydrogens is 293 g/mol. The van der Waals surface area contributed by atoms with Gasteiger partial charge >= 0.3 is 0 Å². The van der Waals surface area contributed by atoms with Gasteiger partial charge in [-0.3, -0.25) is 0 Å². The molecule has 0 aliphatic rings. The fraction of sp³-hybridized carbons (Fsp3) is 0.250. The van der Waals surface area contributed by atoms with Gasteiger partial charge in [-0.15, -0.1) is 11.8 Å². The Labute approximate surface area is 128 Å². The second-order valence-corrected chi connectivity index (χ2v) is 6.14. The number of thioether (sulfide) groups is 1. The minimum Gasteiger partial charge on any atom is -0.312 e. The first-order valence-corrected chi connectivity index (χ1v) is 7.78. The zero-order valence-corrected chi connectivity index (χ0v) is 13.1. The number of hydrogen-bond donors (Lipinski definition) is 1. The quantitative estimate of drug-likeness (QED) is 0.793. The average molecular weight is 310 g/mol. The normalized spacial score (nSPS) is 12.4. The van der Waals surface area contributed by atoms with Crippen LogP contribution in [0.15, 0.2) is 47.4 Å². The van der Waals surface area contributed by atoms with E-state index in [-0.39, 0.29) is 11.9 Å². The monoisotopic (exact) mass is 309 g/mol. The van der Waals surface area contributed by atoms with Crippen LogP contribution in [0.2, 0.25) is 5.02 Å². The van der Waals surface area contributed by atoms with Crippen molar-refractivity contribution in [1.82, 2.24) is 5.32 Å². The van der Waals surface area contributed by atoms with Gasteiger partial charge in [-0.1, -0.05) is 17.7 Å². The van der Waals surface area contributed by atoms with Gasteiger partial charge in [0.1, 0.15) is 5.82 Å². The van der Waals surface area contributed by atoms with Gasteiger partial charge in [0.2, 0.25) is 0 Å². The molecule has 0 saturated heterocycles. The first-order valence-electron chi connectivity index (χ1n) is 6.42. The van der Waals surface area contributed by atoms with Gasteiger partial charge in [0.25, 0.3) is 0 Å². The smallest absolute Gasteiger partial charge is 0.123 e. The standard InChI is InChI=1S/C16H17ClFNS/c1-11-9-13(18)5-8-15(11)16(19-2)10-20-14-6-3-12(17)4-7-14/h3-9,16,19H,10H2,1-2H3. The summed E-state index contributed by atoms with van der Waals surface area (Å²) in [7, 11) is 1.93. The SMILES string of the molecule is CNC(CSc1ccc(Cl)cc1)c1ccc(F)cc1C. The third-order valence-electron chi connectivity index (χ3n) is 3.19. The third-order valence-corrected chi connectivity index (χ3v) is 4.54. The first-order chi connectivity index (χ1) is 9.60. The summed E-state index contributed by atoms with van der Waals surface area (Å²) in [5, 5.41) is 4.04. The van der Waals surface area contributed by atoms with Crippen molar-refractivity contribution in [3.05, 3.63) is 64.4 Å². The van der Waals surface area contributed by atoms with E-state index in [0.717, 1.165) is 21.9 Å². The van der Waals surface area contributed by atoms with Crippen LogP contribution in [-0.2, 0) is 0 Å². The van der Waals surface area contributed by atoms with Crippen molar-refractivity contribution in [2.24, 2.45) is 0 Å². The lowest BCUT2D eigenvalue weighted by atomic mass is 10.0. The van der Waals surface area contributed by atoms with E-state index in [2.05, 4.69) is 5.32 Å². The average Bonchev–Trinajstić information content (AvgIpc) is 2.43. The van der Waals surface area contributed by atoms with E-state index in [1.165, 1.54) is 11.0 Å². The molecule has 0 aliphatic heterocycles. The van der Waals surface area contributed by atoms with Gasteiger partial charge in [-0.2, -0.15) is 0 Å². The highest BCUT2D eigenvalue weighted by molar-refractivity contribution is 7.99. The van der Waals surface area contributed by atoms with Gasteiger partial charge < -0.3 is 5.32 Å². The van der Waals surface area contributed by atoms with Crippen LogP contribution >= 0.6 is 23.4 Å². The van der Waals surface area contributed by atoms with Crippen LogP contribution in [0.1, 0.15) is 17.2 Å². The zero-order valence-electron chi connectivity index (χ0n) is 11.5. The Morgan fingerprint density at radius 1 is 1.20 bits per heavy atom. The Kier molecular flexibility index (Phi) is 5.46. The molecule has 0 amide bonds. The van der Waals surface area contributed by atoms with Gasteiger partial charge in [0, 0.05) is 21.7 Å². The summed E-state index contributed by atoms with van der Waals surface area (Å²) < 4.78 is 13.2. The highest BCUT2D eigenvalue weighted by atomic mass is 35.5. The summed E-state index contributed by atoms with van der Waals surface area (Å²) in [5.41, 5.74) is 2.11. The lowest BCUT2D eigenvalue weighted by Gasteiger charge is -2.18. The lowest BCUT2D eigenvalue weighted by molar-refractivity contribution is 0.617. The van der Waals surface area contributed by atoms with Crippen LogP contribution in [0.4, 0.5) is 4.39 Å². The fourth-order valence-corrected chi connectivity index (χ4v) is 3.23. The van der Waals surface area contributed by atoms with Crippen molar-refractivity contribution >= 4 is 23.4 Å². The highest BCUT2D eigenvalue weighted by Crippen LogP contribution is 2.27. The van der Waals surface area contributed by atoms with E-state index in [1.807, 2.05) is 44.3 Å². The van der Waals surface area contributed by atoms with Gasteiger partial charge in [0.05, 0.1) is 0 Å². The third kappa shape index (κ3) is 3.98. The molecule has 1 nitrogen and oxygen atoms in total. The van der Waals surface area contributed by atoms with Crippen LogP contribution in [-0.4, -0.2) is 12.8 Å². The zero-order chi connectivity index (χ0) is 14.5. The molecule has 1 unspecified atom stereocenters. The topological polar surface area (TPSA) is 12.0 Å². The molecule has 0 bridgehead atoms. The Hall–Kier alpha value is -1.03. The molecule has 0 spiro atoms. The Morgan fingerprint density at radius 2 is 1.90 bits per heavy atom. The van der Waals surface area contributed by atoms with Crippen LogP contribution in [0.5, 0.6) is 0 Å². The summed E-state index contributed by atoms with van der Waals surface area (Å²) in [4.78, 5) is 1.18. The molecule has 2 aromatic rings. The molecule has 106 valence electrons. The minimum atomic E-state index is -0.188. The molecule has 20 heavy (non-hydrogen) atoms. The molecule has 1 N–H and O–H groups in total. The van der Waals surface area contributed by atoms with Gasteiger partial charge in [-0.25, -0.2) is 4.39 Å². The van der Waals surface area contributed by atoms with E-state index in [1.54, 1.807) is 17.8 Å². The van der Waals surface area contributed by atoms with Gasteiger partial charge in [-0.05, 0) is 61.5 Å². The van der Waals surface area contributed by atoms with Crippen LogP contribution in [0.25, 0.3) is 0 Å². The molecule has 0 heterocycles. The summed E-state index contributed by atoms with van der Waals surface area (Å²) in [6.45, 7) is 1.94. The maximum atomic E-state index is 13.2. The molecule has 1 atom stereocenters. The molecule has 0 aliphatic carbocycles. The van der Waals surface area contributed by atoms with E-state index in [9.17, 15) is 4.39 Å². The predicted octanol–water partition coefficient (Wildman–Crippen LogP) is 4.84. The van der Waals surface area contributed by atoms with Crippen LogP contribution in [0, 0.1) is 12.7 Å². The molecule has 0 aromatic heterocycles. The number of hydrogen-bond acceptors (Lipinski definition) is 2. The summed E-state index contributed by atoms with van der Waals surface area (Å²) >= 11 is 7.63. The Balaban J connectivity index is 2.07. The van der Waals surface area contributed by atoms with Gasteiger partial charge in [0.15, 0.2) is 0 Å². The van der Waals surface area contributed by atoms with Crippen molar-refractivity contribution in [3.63, 3.8) is 0 Å². The molecule has 2 aromatic carbocycles. The van der Waals surface area contributed by atoms with Crippen molar-refractivity contribution in [2.45, 2.75) is 17.9 Å². The maximum Gasteiger partial charge on any atom is 0.123 e. The van der Waals surface area contributed by atoms with Crippen molar-refractivity contribution in [1.29, 1.82) is 0 Å².